The fourth-order valence-corrected chi connectivity index (χ4v) is 2.17. The Morgan fingerprint density at radius 3 is 2.28 bits per heavy atom. The van der Waals surface area contributed by atoms with Crippen LogP contribution in [-0.4, -0.2) is 34.8 Å². The number of phenols is 1. The first-order valence-electron chi connectivity index (χ1n) is 5.58. The van der Waals surface area contributed by atoms with Crippen LogP contribution in [0.5, 0.6) is 5.75 Å². The number of rotatable bonds is 7. The predicted octanol–water partition coefficient (Wildman–Crippen LogP) is 2.68. The predicted molar refractivity (Wildman–Crippen MR) is 75.8 cm³/mol. The van der Waals surface area contributed by atoms with Gasteiger partial charge >= 0.3 is 0 Å². The molecule has 1 aromatic carbocycles. The standard InChI is InChI=1S/C14H17NO2S/c1-3-9-15(10-4-2)14(17)11-18-13-7-5-12(16)6-8-13/h3-8,16H,1-2,9-11H2. The van der Waals surface area contributed by atoms with Crippen molar-refractivity contribution in [3.8, 4) is 5.75 Å². The average molecular weight is 263 g/mol. The van der Waals surface area contributed by atoms with Crippen molar-refractivity contribution in [1.82, 2.24) is 4.90 Å². The van der Waals surface area contributed by atoms with E-state index in [-0.39, 0.29) is 11.7 Å². The lowest BCUT2D eigenvalue weighted by Gasteiger charge is -2.18. The minimum Gasteiger partial charge on any atom is -0.508 e. The van der Waals surface area contributed by atoms with E-state index in [0.29, 0.717) is 18.8 Å². The monoisotopic (exact) mass is 263 g/mol. The second-order valence-corrected chi connectivity index (χ2v) is 4.71. The van der Waals surface area contributed by atoms with E-state index >= 15 is 0 Å². The molecule has 1 aromatic rings. The van der Waals surface area contributed by atoms with E-state index in [9.17, 15) is 4.79 Å². The molecule has 18 heavy (non-hydrogen) atoms. The van der Waals surface area contributed by atoms with E-state index in [1.165, 1.54) is 11.8 Å². The van der Waals surface area contributed by atoms with Gasteiger partial charge in [-0.2, -0.15) is 0 Å². The number of hydrogen-bond donors (Lipinski definition) is 1. The second kappa shape index (κ2) is 7.61. The van der Waals surface area contributed by atoms with Crippen LogP contribution in [0.2, 0.25) is 0 Å². The number of aromatic hydroxyl groups is 1. The molecular weight excluding hydrogens is 246 g/mol. The van der Waals surface area contributed by atoms with Gasteiger partial charge in [-0.15, -0.1) is 24.9 Å². The van der Waals surface area contributed by atoms with Crippen LogP contribution in [0.3, 0.4) is 0 Å². The fourth-order valence-electron chi connectivity index (χ4n) is 1.37. The SMILES string of the molecule is C=CCN(CC=C)C(=O)CSc1ccc(O)cc1. The van der Waals surface area contributed by atoms with Crippen LogP contribution in [0, 0.1) is 0 Å². The van der Waals surface area contributed by atoms with Gasteiger partial charge in [0.05, 0.1) is 5.75 Å². The smallest absolute Gasteiger partial charge is 0.233 e. The lowest BCUT2D eigenvalue weighted by atomic mass is 10.3. The van der Waals surface area contributed by atoms with Crippen molar-refractivity contribution in [2.24, 2.45) is 0 Å². The highest BCUT2D eigenvalue weighted by Crippen LogP contribution is 2.20. The molecule has 0 aliphatic heterocycles. The molecule has 0 heterocycles. The molecule has 1 rings (SSSR count). The van der Waals surface area contributed by atoms with Crippen molar-refractivity contribution in [1.29, 1.82) is 0 Å². The van der Waals surface area contributed by atoms with Gasteiger partial charge in [0, 0.05) is 18.0 Å². The summed E-state index contributed by atoms with van der Waals surface area (Å²) in [6, 6.07) is 6.80. The Hall–Kier alpha value is -1.68. The zero-order valence-electron chi connectivity index (χ0n) is 10.2. The molecule has 0 atom stereocenters. The van der Waals surface area contributed by atoms with Crippen molar-refractivity contribution in [3.05, 3.63) is 49.6 Å². The Labute approximate surface area is 112 Å². The third-order valence-corrected chi connectivity index (χ3v) is 3.25. The van der Waals surface area contributed by atoms with Gasteiger partial charge in [-0.1, -0.05) is 12.2 Å². The van der Waals surface area contributed by atoms with Crippen LogP contribution in [-0.2, 0) is 4.79 Å². The van der Waals surface area contributed by atoms with Crippen LogP contribution in [0.25, 0.3) is 0 Å². The highest BCUT2D eigenvalue weighted by atomic mass is 32.2. The molecule has 3 nitrogen and oxygen atoms in total. The first-order valence-corrected chi connectivity index (χ1v) is 6.57. The normalized spacial score (nSPS) is 9.78. The summed E-state index contributed by atoms with van der Waals surface area (Å²) in [5, 5.41) is 9.16. The molecule has 96 valence electrons. The maximum Gasteiger partial charge on any atom is 0.233 e. The van der Waals surface area contributed by atoms with E-state index in [2.05, 4.69) is 13.2 Å². The molecule has 0 spiro atoms. The number of carbonyl (C=O) groups excluding carboxylic acids is 1. The summed E-state index contributed by atoms with van der Waals surface area (Å²) in [5.74, 6) is 0.644. The molecule has 0 saturated heterocycles. The van der Waals surface area contributed by atoms with Crippen LogP contribution in [0.4, 0.5) is 0 Å². The van der Waals surface area contributed by atoms with Crippen LogP contribution in [0.1, 0.15) is 0 Å². The van der Waals surface area contributed by atoms with Crippen LogP contribution >= 0.6 is 11.8 Å². The Balaban J connectivity index is 2.50. The van der Waals surface area contributed by atoms with E-state index in [4.69, 9.17) is 5.11 Å². The summed E-state index contributed by atoms with van der Waals surface area (Å²) in [6.07, 6.45) is 3.40. The molecule has 0 fully saturated rings. The number of nitrogens with zero attached hydrogens (tertiary/aromatic N) is 1. The number of hydrogen-bond acceptors (Lipinski definition) is 3. The van der Waals surface area contributed by atoms with Gasteiger partial charge in [0.25, 0.3) is 0 Å². The third-order valence-electron chi connectivity index (χ3n) is 2.25. The quantitative estimate of drug-likeness (QED) is 0.607. The zero-order chi connectivity index (χ0) is 13.4. The van der Waals surface area contributed by atoms with Gasteiger partial charge < -0.3 is 10.0 Å². The summed E-state index contributed by atoms with van der Waals surface area (Å²) < 4.78 is 0. The van der Waals surface area contributed by atoms with Crippen molar-refractivity contribution < 1.29 is 9.90 Å². The second-order valence-electron chi connectivity index (χ2n) is 3.66. The number of thioether (sulfide) groups is 1. The molecule has 0 aliphatic carbocycles. The number of amides is 1. The summed E-state index contributed by atoms with van der Waals surface area (Å²) >= 11 is 1.45. The molecule has 1 amide bonds. The molecule has 0 aliphatic rings. The Morgan fingerprint density at radius 1 is 1.22 bits per heavy atom. The molecule has 0 bridgehead atoms. The van der Waals surface area contributed by atoms with Crippen molar-refractivity contribution in [2.45, 2.75) is 4.90 Å². The van der Waals surface area contributed by atoms with E-state index in [1.54, 1.807) is 41.3 Å². The Morgan fingerprint density at radius 2 is 1.78 bits per heavy atom. The van der Waals surface area contributed by atoms with Crippen LogP contribution < -0.4 is 0 Å². The maximum absolute atomic E-state index is 11.9. The van der Waals surface area contributed by atoms with Gasteiger partial charge in [0.2, 0.25) is 5.91 Å². The lowest BCUT2D eigenvalue weighted by Crippen LogP contribution is -2.32. The molecule has 0 saturated carbocycles. The molecular formula is C14H17NO2S. The van der Waals surface area contributed by atoms with E-state index in [1.807, 2.05) is 0 Å². The summed E-state index contributed by atoms with van der Waals surface area (Å²) in [7, 11) is 0. The largest absolute Gasteiger partial charge is 0.508 e. The molecule has 0 aromatic heterocycles. The molecule has 4 heteroatoms. The van der Waals surface area contributed by atoms with Crippen molar-refractivity contribution in [2.75, 3.05) is 18.8 Å². The molecule has 1 N–H and O–H groups in total. The van der Waals surface area contributed by atoms with Crippen molar-refractivity contribution in [3.63, 3.8) is 0 Å². The Bertz CT molecular complexity index is 404. The minimum atomic E-state index is 0.0490. The fraction of sp³-hybridized carbons (Fsp3) is 0.214. The average Bonchev–Trinajstić information content (AvgIpc) is 2.37. The highest BCUT2D eigenvalue weighted by molar-refractivity contribution is 8.00. The minimum absolute atomic E-state index is 0.0490. The van der Waals surface area contributed by atoms with E-state index < -0.39 is 0 Å². The highest BCUT2D eigenvalue weighted by Gasteiger charge is 2.10. The molecule has 0 unspecified atom stereocenters. The molecule has 0 radical (unpaired) electrons. The van der Waals surface area contributed by atoms with Crippen molar-refractivity contribution >= 4 is 17.7 Å². The van der Waals surface area contributed by atoms with Gasteiger partial charge in [-0.3, -0.25) is 4.79 Å². The first kappa shape index (κ1) is 14.4. The third kappa shape index (κ3) is 4.67. The number of benzene rings is 1. The first-order chi connectivity index (χ1) is 8.67. The number of phenolic OH excluding ortho intramolecular Hbond substituents is 1. The number of carbonyl (C=O) groups is 1. The van der Waals surface area contributed by atoms with E-state index in [0.717, 1.165) is 4.90 Å². The topological polar surface area (TPSA) is 40.5 Å². The van der Waals surface area contributed by atoms with Crippen LogP contribution in [0.15, 0.2) is 54.5 Å². The van der Waals surface area contributed by atoms with Gasteiger partial charge in [0.1, 0.15) is 5.75 Å². The summed E-state index contributed by atoms with van der Waals surface area (Å²) in [5.41, 5.74) is 0. The zero-order valence-corrected chi connectivity index (χ0v) is 11.0. The Kier molecular flexibility index (Phi) is 6.08. The lowest BCUT2D eigenvalue weighted by molar-refractivity contribution is -0.127. The maximum atomic E-state index is 11.9. The summed E-state index contributed by atoms with van der Waals surface area (Å²) in [4.78, 5) is 14.6. The van der Waals surface area contributed by atoms with Gasteiger partial charge in [0.15, 0.2) is 0 Å². The van der Waals surface area contributed by atoms with Gasteiger partial charge in [-0.25, -0.2) is 0 Å². The van der Waals surface area contributed by atoms with Gasteiger partial charge in [-0.05, 0) is 24.3 Å². The summed E-state index contributed by atoms with van der Waals surface area (Å²) in [6.45, 7) is 8.32.